The van der Waals surface area contributed by atoms with E-state index in [1.54, 1.807) is 12.1 Å². The number of esters is 1. The van der Waals surface area contributed by atoms with Gasteiger partial charge in [0.2, 0.25) is 5.76 Å². The Bertz CT molecular complexity index is 1230. The highest BCUT2D eigenvalue weighted by Gasteiger charge is 2.22. The van der Waals surface area contributed by atoms with Crippen LogP contribution in [0, 0.1) is 0 Å². The van der Waals surface area contributed by atoms with Crippen molar-refractivity contribution in [3.05, 3.63) is 70.4 Å². The minimum absolute atomic E-state index is 0.0191. The highest BCUT2D eigenvalue weighted by molar-refractivity contribution is 5.96. The van der Waals surface area contributed by atoms with E-state index in [0.717, 1.165) is 10.9 Å². The van der Waals surface area contributed by atoms with Crippen LogP contribution in [0.25, 0.3) is 22.1 Å². The number of rotatable bonds is 8. The average molecular weight is 409 g/mol. The Kier molecular flexibility index (Phi) is 5.72. The second-order valence-corrected chi connectivity index (χ2v) is 7.24. The SMILES string of the molecule is CC(C)OCc1c(C(=O)OCCCn2c(=O)oc3ccccc32)oc2ccccc12. The van der Waals surface area contributed by atoms with E-state index < -0.39 is 11.7 Å². The summed E-state index contributed by atoms with van der Waals surface area (Å²) in [6.07, 6.45) is 0.485. The lowest BCUT2D eigenvalue weighted by atomic mass is 10.1. The Morgan fingerprint density at radius 3 is 2.57 bits per heavy atom. The molecule has 0 fully saturated rings. The van der Waals surface area contributed by atoms with Gasteiger partial charge in [-0.15, -0.1) is 0 Å². The van der Waals surface area contributed by atoms with E-state index in [9.17, 15) is 9.59 Å². The number of para-hydroxylation sites is 3. The number of carbonyl (C=O) groups is 1. The third kappa shape index (κ3) is 4.02. The number of oxazole rings is 1. The summed E-state index contributed by atoms with van der Waals surface area (Å²) in [6.45, 7) is 4.65. The fraction of sp³-hybridized carbons (Fsp3) is 0.304. The maximum atomic E-state index is 12.7. The van der Waals surface area contributed by atoms with E-state index >= 15 is 0 Å². The zero-order chi connectivity index (χ0) is 21.1. The Morgan fingerprint density at radius 1 is 1.03 bits per heavy atom. The molecule has 4 aromatic rings. The third-order valence-corrected chi connectivity index (χ3v) is 4.78. The summed E-state index contributed by atoms with van der Waals surface area (Å²) in [4.78, 5) is 24.7. The van der Waals surface area contributed by atoms with Gasteiger partial charge in [0.05, 0.1) is 24.8 Å². The highest BCUT2D eigenvalue weighted by atomic mass is 16.5. The minimum atomic E-state index is -0.544. The van der Waals surface area contributed by atoms with Crippen LogP contribution in [0.3, 0.4) is 0 Å². The predicted molar refractivity (Wildman–Crippen MR) is 112 cm³/mol. The summed E-state index contributed by atoms with van der Waals surface area (Å²) in [6, 6.07) is 14.7. The van der Waals surface area contributed by atoms with Crippen LogP contribution in [-0.2, 0) is 22.6 Å². The van der Waals surface area contributed by atoms with E-state index in [4.69, 9.17) is 18.3 Å². The van der Waals surface area contributed by atoms with Gasteiger partial charge in [-0.1, -0.05) is 30.3 Å². The van der Waals surface area contributed by atoms with Crippen molar-refractivity contribution in [1.82, 2.24) is 4.57 Å². The van der Waals surface area contributed by atoms with Crippen LogP contribution < -0.4 is 5.76 Å². The zero-order valence-corrected chi connectivity index (χ0v) is 16.9. The first-order valence-corrected chi connectivity index (χ1v) is 9.92. The second kappa shape index (κ2) is 8.59. The van der Waals surface area contributed by atoms with Gasteiger partial charge < -0.3 is 18.3 Å². The van der Waals surface area contributed by atoms with E-state index in [-0.39, 0.29) is 25.1 Å². The quantitative estimate of drug-likeness (QED) is 0.314. The van der Waals surface area contributed by atoms with Crippen molar-refractivity contribution < 1.29 is 23.1 Å². The molecule has 0 radical (unpaired) electrons. The van der Waals surface area contributed by atoms with E-state index in [1.807, 2.05) is 50.2 Å². The summed E-state index contributed by atoms with van der Waals surface area (Å²) in [5.41, 5.74) is 2.56. The number of hydrogen-bond donors (Lipinski definition) is 0. The van der Waals surface area contributed by atoms with Gasteiger partial charge in [0.25, 0.3) is 0 Å². The first-order valence-electron chi connectivity index (χ1n) is 9.92. The number of carbonyl (C=O) groups excluding carboxylic acids is 1. The average Bonchev–Trinajstić information content (AvgIpc) is 3.26. The molecule has 0 aliphatic carbocycles. The van der Waals surface area contributed by atoms with Crippen molar-refractivity contribution in [2.24, 2.45) is 0 Å². The summed E-state index contributed by atoms with van der Waals surface area (Å²) in [7, 11) is 0. The van der Waals surface area contributed by atoms with Crippen molar-refractivity contribution in [1.29, 1.82) is 0 Å². The van der Waals surface area contributed by atoms with E-state index in [1.165, 1.54) is 4.57 Å². The van der Waals surface area contributed by atoms with E-state index in [2.05, 4.69) is 0 Å². The molecule has 0 aliphatic heterocycles. The number of ether oxygens (including phenoxy) is 2. The third-order valence-electron chi connectivity index (χ3n) is 4.78. The number of furan rings is 1. The lowest BCUT2D eigenvalue weighted by Gasteiger charge is -2.08. The van der Waals surface area contributed by atoms with Crippen LogP contribution >= 0.6 is 0 Å². The normalized spacial score (nSPS) is 11.6. The molecule has 0 saturated carbocycles. The van der Waals surface area contributed by atoms with Crippen LogP contribution in [0.15, 0.2) is 62.2 Å². The fourth-order valence-corrected chi connectivity index (χ4v) is 3.34. The number of hydrogen-bond acceptors (Lipinski definition) is 6. The fourth-order valence-electron chi connectivity index (χ4n) is 3.34. The van der Waals surface area contributed by atoms with Crippen molar-refractivity contribution >= 4 is 28.0 Å². The molecular weight excluding hydrogens is 386 g/mol. The molecule has 30 heavy (non-hydrogen) atoms. The van der Waals surface area contributed by atoms with Crippen LogP contribution in [0.5, 0.6) is 0 Å². The van der Waals surface area contributed by atoms with E-state index in [0.29, 0.717) is 29.7 Å². The molecule has 2 aromatic carbocycles. The zero-order valence-electron chi connectivity index (χ0n) is 16.9. The lowest BCUT2D eigenvalue weighted by molar-refractivity contribution is 0.0433. The van der Waals surface area contributed by atoms with Gasteiger partial charge in [0.15, 0.2) is 5.58 Å². The van der Waals surface area contributed by atoms with Gasteiger partial charge in [-0.05, 0) is 38.5 Å². The number of nitrogens with zero attached hydrogens (tertiary/aromatic N) is 1. The molecule has 7 nitrogen and oxygen atoms in total. The molecule has 156 valence electrons. The molecule has 0 aliphatic rings. The first-order chi connectivity index (χ1) is 14.5. The monoisotopic (exact) mass is 409 g/mol. The smallest absolute Gasteiger partial charge is 0.419 e. The maximum Gasteiger partial charge on any atom is 0.419 e. The molecule has 0 bridgehead atoms. The largest absolute Gasteiger partial charge is 0.460 e. The topological polar surface area (TPSA) is 83.8 Å². The van der Waals surface area contributed by atoms with Gasteiger partial charge in [-0.3, -0.25) is 4.57 Å². The molecule has 4 rings (SSSR count). The Balaban J connectivity index is 1.44. The van der Waals surface area contributed by atoms with Gasteiger partial charge in [-0.25, -0.2) is 9.59 Å². The van der Waals surface area contributed by atoms with Crippen LogP contribution in [0.2, 0.25) is 0 Å². The summed E-state index contributed by atoms with van der Waals surface area (Å²) in [5.74, 6) is -0.811. The molecule has 2 aromatic heterocycles. The molecule has 0 unspecified atom stereocenters. The van der Waals surface area contributed by atoms with Gasteiger partial charge >= 0.3 is 11.7 Å². The summed E-state index contributed by atoms with van der Waals surface area (Å²) >= 11 is 0. The summed E-state index contributed by atoms with van der Waals surface area (Å²) < 4.78 is 23.6. The van der Waals surface area contributed by atoms with Gasteiger partial charge in [-0.2, -0.15) is 0 Å². The van der Waals surface area contributed by atoms with Crippen LogP contribution in [0.1, 0.15) is 36.4 Å². The molecule has 0 amide bonds. The number of benzene rings is 2. The van der Waals surface area contributed by atoms with Crippen molar-refractivity contribution in [2.45, 2.75) is 39.5 Å². The molecular formula is C23H23NO6. The van der Waals surface area contributed by atoms with Crippen molar-refractivity contribution in [2.75, 3.05) is 6.61 Å². The Morgan fingerprint density at radius 2 is 1.77 bits per heavy atom. The van der Waals surface area contributed by atoms with Gasteiger partial charge in [0, 0.05) is 17.5 Å². The minimum Gasteiger partial charge on any atom is -0.460 e. The van der Waals surface area contributed by atoms with Crippen molar-refractivity contribution in [3.63, 3.8) is 0 Å². The van der Waals surface area contributed by atoms with Gasteiger partial charge in [0.1, 0.15) is 5.58 Å². The second-order valence-electron chi connectivity index (χ2n) is 7.24. The molecule has 0 atom stereocenters. The van der Waals surface area contributed by atoms with Crippen LogP contribution in [-0.4, -0.2) is 23.2 Å². The van der Waals surface area contributed by atoms with Crippen LogP contribution in [0.4, 0.5) is 0 Å². The lowest BCUT2D eigenvalue weighted by Crippen LogP contribution is -2.16. The molecule has 0 saturated heterocycles. The first kappa shape index (κ1) is 20.0. The summed E-state index contributed by atoms with van der Waals surface area (Å²) in [5, 5.41) is 0.835. The molecule has 2 heterocycles. The Labute approximate surface area is 172 Å². The number of fused-ring (bicyclic) bond motifs is 2. The molecule has 0 spiro atoms. The molecule has 7 heteroatoms. The number of aromatic nitrogens is 1. The molecule has 0 N–H and O–H groups in total. The standard InChI is InChI=1S/C23H23NO6/c1-15(2)28-14-17-16-8-3-5-10-19(16)29-21(17)22(25)27-13-7-12-24-18-9-4-6-11-20(18)30-23(24)26/h3-6,8-11,15H,7,12-14H2,1-2H3. The predicted octanol–water partition coefficient (Wildman–Crippen LogP) is 4.51. The number of aryl methyl sites for hydroxylation is 1. The highest BCUT2D eigenvalue weighted by Crippen LogP contribution is 2.27. The Hall–Kier alpha value is -3.32. The van der Waals surface area contributed by atoms with Crippen molar-refractivity contribution in [3.8, 4) is 0 Å². The maximum absolute atomic E-state index is 12.7.